The molecular weight excluding hydrogens is 258 g/mol. The SMILES string of the molecule is O=C(O)C1c2ccccc2CCN1Cc1ccsc1. The van der Waals surface area contributed by atoms with Crippen molar-refractivity contribution in [3.63, 3.8) is 0 Å². The Bertz CT molecular complexity index is 580. The first-order chi connectivity index (χ1) is 9.25. The third-order valence-corrected chi connectivity index (χ3v) is 4.31. The Labute approximate surface area is 116 Å². The molecule has 19 heavy (non-hydrogen) atoms. The molecule has 1 atom stereocenters. The molecule has 1 aliphatic rings. The van der Waals surface area contributed by atoms with Crippen molar-refractivity contribution in [2.24, 2.45) is 0 Å². The van der Waals surface area contributed by atoms with Gasteiger partial charge in [0, 0.05) is 13.1 Å². The van der Waals surface area contributed by atoms with E-state index in [-0.39, 0.29) is 0 Å². The lowest BCUT2D eigenvalue weighted by atomic mass is 9.92. The lowest BCUT2D eigenvalue weighted by Gasteiger charge is -2.34. The lowest BCUT2D eigenvalue weighted by molar-refractivity contribution is -0.144. The minimum atomic E-state index is -0.762. The van der Waals surface area contributed by atoms with Gasteiger partial charge in [-0.25, -0.2) is 0 Å². The normalized spacial score (nSPS) is 19.1. The van der Waals surface area contributed by atoms with Crippen LogP contribution in [-0.2, 0) is 17.8 Å². The number of fused-ring (bicyclic) bond motifs is 1. The highest BCUT2D eigenvalue weighted by Crippen LogP contribution is 2.31. The number of carbonyl (C=O) groups is 1. The van der Waals surface area contributed by atoms with Crippen LogP contribution < -0.4 is 0 Å². The van der Waals surface area contributed by atoms with Crippen LogP contribution >= 0.6 is 11.3 Å². The number of carboxylic acid groups (broad SMARTS) is 1. The molecule has 2 aromatic rings. The number of rotatable bonds is 3. The molecule has 3 rings (SSSR count). The fraction of sp³-hybridized carbons (Fsp3) is 0.267. The van der Waals surface area contributed by atoms with Crippen molar-refractivity contribution in [2.75, 3.05) is 6.54 Å². The fourth-order valence-corrected chi connectivity index (χ4v) is 3.35. The van der Waals surface area contributed by atoms with E-state index in [2.05, 4.69) is 11.4 Å². The molecule has 1 aromatic carbocycles. The minimum absolute atomic E-state index is 0.523. The Hall–Kier alpha value is -1.65. The summed E-state index contributed by atoms with van der Waals surface area (Å²) in [5.74, 6) is -0.762. The van der Waals surface area contributed by atoms with E-state index in [9.17, 15) is 9.90 Å². The molecule has 1 aromatic heterocycles. The number of thiophene rings is 1. The maximum absolute atomic E-state index is 11.6. The maximum atomic E-state index is 11.6. The van der Waals surface area contributed by atoms with Gasteiger partial charge in [0.25, 0.3) is 0 Å². The van der Waals surface area contributed by atoms with Crippen molar-refractivity contribution >= 4 is 17.3 Å². The third-order valence-electron chi connectivity index (χ3n) is 3.58. The van der Waals surface area contributed by atoms with Crippen LogP contribution in [0.1, 0.15) is 22.7 Å². The summed E-state index contributed by atoms with van der Waals surface area (Å²) in [5, 5.41) is 13.7. The van der Waals surface area contributed by atoms with E-state index in [1.165, 1.54) is 5.56 Å². The monoisotopic (exact) mass is 273 g/mol. The van der Waals surface area contributed by atoms with Crippen LogP contribution in [0.4, 0.5) is 0 Å². The summed E-state index contributed by atoms with van der Waals surface area (Å²) in [6, 6.07) is 9.41. The smallest absolute Gasteiger partial charge is 0.325 e. The molecule has 1 N–H and O–H groups in total. The van der Waals surface area contributed by atoms with Gasteiger partial charge in [-0.3, -0.25) is 9.69 Å². The van der Waals surface area contributed by atoms with Crippen molar-refractivity contribution in [1.29, 1.82) is 0 Å². The molecule has 3 nitrogen and oxygen atoms in total. The van der Waals surface area contributed by atoms with E-state index in [4.69, 9.17) is 0 Å². The van der Waals surface area contributed by atoms with Gasteiger partial charge < -0.3 is 5.11 Å². The Kier molecular flexibility index (Phi) is 3.36. The molecule has 1 aliphatic heterocycles. The number of nitrogens with zero attached hydrogens (tertiary/aromatic N) is 1. The van der Waals surface area contributed by atoms with Gasteiger partial charge >= 0.3 is 5.97 Å². The Morgan fingerprint density at radius 2 is 2.21 bits per heavy atom. The predicted molar refractivity (Wildman–Crippen MR) is 75.3 cm³/mol. The second kappa shape index (κ2) is 5.15. The predicted octanol–water partition coefficient (Wildman–Crippen LogP) is 2.93. The standard InChI is InChI=1S/C15H15NO2S/c17-15(18)14-13-4-2-1-3-12(13)5-7-16(14)9-11-6-8-19-10-11/h1-4,6,8,10,14H,5,7,9H2,(H,17,18). The fourth-order valence-electron chi connectivity index (χ4n) is 2.70. The molecular formula is C15H15NO2S. The highest BCUT2D eigenvalue weighted by Gasteiger charge is 2.32. The summed E-state index contributed by atoms with van der Waals surface area (Å²) in [7, 11) is 0. The molecule has 0 saturated carbocycles. The lowest BCUT2D eigenvalue weighted by Crippen LogP contribution is -2.39. The van der Waals surface area contributed by atoms with Crippen molar-refractivity contribution in [1.82, 2.24) is 4.90 Å². The zero-order valence-electron chi connectivity index (χ0n) is 10.5. The molecule has 4 heteroatoms. The number of hydrogen-bond acceptors (Lipinski definition) is 3. The van der Waals surface area contributed by atoms with Crippen LogP contribution in [-0.4, -0.2) is 22.5 Å². The van der Waals surface area contributed by atoms with E-state index in [1.54, 1.807) is 11.3 Å². The third kappa shape index (κ3) is 2.41. The molecule has 0 spiro atoms. The van der Waals surface area contributed by atoms with Crippen LogP contribution in [0.15, 0.2) is 41.1 Å². The average molecular weight is 273 g/mol. The molecule has 1 unspecified atom stereocenters. The minimum Gasteiger partial charge on any atom is -0.480 e. The zero-order valence-corrected chi connectivity index (χ0v) is 11.3. The Morgan fingerprint density at radius 1 is 1.37 bits per heavy atom. The summed E-state index contributed by atoms with van der Waals surface area (Å²) < 4.78 is 0. The van der Waals surface area contributed by atoms with Gasteiger partial charge in [-0.2, -0.15) is 11.3 Å². The molecule has 0 amide bonds. The second-order valence-corrected chi connectivity index (χ2v) is 5.57. The Balaban J connectivity index is 1.92. The average Bonchev–Trinajstić information content (AvgIpc) is 2.91. The highest BCUT2D eigenvalue weighted by atomic mass is 32.1. The van der Waals surface area contributed by atoms with Gasteiger partial charge in [0.1, 0.15) is 6.04 Å². The number of aliphatic carboxylic acids is 1. The van der Waals surface area contributed by atoms with Crippen LogP contribution in [0.5, 0.6) is 0 Å². The summed E-state index contributed by atoms with van der Waals surface area (Å²) in [4.78, 5) is 13.7. The maximum Gasteiger partial charge on any atom is 0.325 e. The summed E-state index contributed by atoms with van der Waals surface area (Å²) in [6.07, 6.45) is 0.921. The highest BCUT2D eigenvalue weighted by molar-refractivity contribution is 7.07. The van der Waals surface area contributed by atoms with E-state index < -0.39 is 12.0 Å². The molecule has 0 saturated heterocycles. The van der Waals surface area contributed by atoms with Gasteiger partial charge in [-0.05, 0) is 39.9 Å². The van der Waals surface area contributed by atoms with Crippen LogP contribution in [0.3, 0.4) is 0 Å². The quantitative estimate of drug-likeness (QED) is 0.934. The van der Waals surface area contributed by atoms with Gasteiger partial charge in [0.15, 0.2) is 0 Å². The summed E-state index contributed by atoms with van der Waals surface area (Å²) in [5.41, 5.74) is 3.29. The van der Waals surface area contributed by atoms with Gasteiger partial charge in [-0.15, -0.1) is 0 Å². The largest absolute Gasteiger partial charge is 0.480 e. The first kappa shape index (κ1) is 12.4. The molecule has 0 bridgehead atoms. The number of hydrogen-bond donors (Lipinski definition) is 1. The van der Waals surface area contributed by atoms with Gasteiger partial charge in [-0.1, -0.05) is 24.3 Å². The Morgan fingerprint density at radius 3 is 2.95 bits per heavy atom. The number of carboxylic acids is 1. The molecule has 0 radical (unpaired) electrons. The van der Waals surface area contributed by atoms with E-state index in [1.807, 2.05) is 34.5 Å². The van der Waals surface area contributed by atoms with Crippen LogP contribution in [0.2, 0.25) is 0 Å². The topological polar surface area (TPSA) is 40.5 Å². The van der Waals surface area contributed by atoms with E-state index in [0.29, 0.717) is 6.54 Å². The second-order valence-electron chi connectivity index (χ2n) is 4.79. The number of benzene rings is 1. The van der Waals surface area contributed by atoms with E-state index >= 15 is 0 Å². The molecule has 0 fully saturated rings. The summed E-state index contributed by atoms with van der Waals surface area (Å²) in [6.45, 7) is 1.50. The van der Waals surface area contributed by atoms with Crippen molar-refractivity contribution in [3.05, 3.63) is 57.8 Å². The summed E-state index contributed by atoms with van der Waals surface area (Å²) >= 11 is 1.65. The van der Waals surface area contributed by atoms with E-state index in [0.717, 1.165) is 24.1 Å². The van der Waals surface area contributed by atoms with Gasteiger partial charge in [0.2, 0.25) is 0 Å². The molecule has 98 valence electrons. The first-order valence-electron chi connectivity index (χ1n) is 6.31. The van der Waals surface area contributed by atoms with Crippen molar-refractivity contribution in [2.45, 2.75) is 19.0 Å². The van der Waals surface area contributed by atoms with Gasteiger partial charge in [0.05, 0.1) is 0 Å². The zero-order chi connectivity index (χ0) is 13.2. The molecule has 0 aliphatic carbocycles. The van der Waals surface area contributed by atoms with Crippen molar-refractivity contribution < 1.29 is 9.90 Å². The van der Waals surface area contributed by atoms with Crippen LogP contribution in [0, 0.1) is 0 Å². The van der Waals surface area contributed by atoms with Crippen molar-refractivity contribution in [3.8, 4) is 0 Å². The van der Waals surface area contributed by atoms with Crippen LogP contribution in [0.25, 0.3) is 0 Å². The first-order valence-corrected chi connectivity index (χ1v) is 7.26. The molecule has 2 heterocycles.